The number of nitrogens with zero attached hydrogens (tertiary/aromatic N) is 2. The van der Waals surface area contributed by atoms with Crippen LogP contribution < -0.4 is 16.0 Å². The third-order valence-electron chi connectivity index (χ3n) is 4.16. The fourth-order valence-corrected chi connectivity index (χ4v) is 2.74. The van der Waals surface area contributed by atoms with E-state index in [0.29, 0.717) is 5.69 Å². The number of carbonyl (C=O) groups excluding carboxylic acids is 1. The average molecular weight is 310 g/mol. The maximum Gasteiger partial charge on any atom is 0.245 e. The van der Waals surface area contributed by atoms with Crippen molar-refractivity contribution < 1.29 is 4.79 Å². The number of benzene rings is 1. The molecule has 23 heavy (non-hydrogen) atoms. The summed E-state index contributed by atoms with van der Waals surface area (Å²) in [5, 5.41) is 2.83. The number of carbonyl (C=O) groups is 1. The van der Waals surface area contributed by atoms with E-state index in [1.54, 1.807) is 6.20 Å². The monoisotopic (exact) mass is 310 g/mol. The fraction of sp³-hybridized carbons (Fsp3) is 0.333. The standard InChI is InChI=1S/C18H22N4O/c1-13-4-6-14(7-5-13)17(19)18(23)21-15-8-9-16(20-12-15)22-10-2-3-11-22/h4-9,12,17H,2-3,10-11,19H2,1H3,(H,21,23). The van der Waals surface area contributed by atoms with Gasteiger partial charge in [0.2, 0.25) is 5.91 Å². The molecule has 1 aromatic carbocycles. The molecule has 2 aromatic rings. The number of nitrogens with one attached hydrogen (secondary N) is 1. The Labute approximate surface area is 136 Å². The van der Waals surface area contributed by atoms with Crippen LogP contribution in [0.15, 0.2) is 42.6 Å². The lowest BCUT2D eigenvalue weighted by atomic mass is 10.1. The molecule has 5 heteroatoms. The smallest absolute Gasteiger partial charge is 0.245 e. The van der Waals surface area contributed by atoms with Crippen molar-refractivity contribution in [1.82, 2.24) is 4.98 Å². The summed E-state index contributed by atoms with van der Waals surface area (Å²) in [7, 11) is 0. The number of hydrogen-bond acceptors (Lipinski definition) is 4. The highest BCUT2D eigenvalue weighted by atomic mass is 16.2. The van der Waals surface area contributed by atoms with Crippen LogP contribution in [0.1, 0.15) is 30.0 Å². The van der Waals surface area contributed by atoms with Gasteiger partial charge in [-0.3, -0.25) is 4.79 Å². The van der Waals surface area contributed by atoms with Gasteiger partial charge in [-0.25, -0.2) is 4.98 Å². The van der Waals surface area contributed by atoms with Gasteiger partial charge in [0.15, 0.2) is 0 Å². The van der Waals surface area contributed by atoms with Gasteiger partial charge in [-0.2, -0.15) is 0 Å². The number of pyridine rings is 1. The van der Waals surface area contributed by atoms with Crippen LogP contribution in [0.4, 0.5) is 11.5 Å². The van der Waals surface area contributed by atoms with Gasteiger partial charge in [0, 0.05) is 13.1 Å². The SMILES string of the molecule is Cc1ccc(C(N)C(=O)Nc2ccc(N3CCCC3)nc2)cc1. The van der Waals surface area contributed by atoms with E-state index in [9.17, 15) is 4.79 Å². The second-order valence-corrected chi connectivity index (χ2v) is 5.98. The maximum atomic E-state index is 12.3. The molecule has 0 bridgehead atoms. The Morgan fingerprint density at radius 1 is 1.17 bits per heavy atom. The first-order valence-electron chi connectivity index (χ1n) is 7.97. The molecule has 0 aliphatic carbocycles. The summed E-state index contributed by atoms with van der Waals surface area (Å²) < 4.78 is 0. The molecule has 0 spiro atoms. The predicted molar refractivity (Wildman–Crippen MR) is 92.4 cm³/mol. The normalized spacial score (nSPS) is 15.5. The largest absolute Gasteiger partial charge is 0.357 e. The molecule has 1 unspecified atom stereocenters. The zero-order chi connectivity index (χ0) is 16.2. The summed E-state index contributed by atoms with van der Waals surface area (Å²) in [5.74, 6) is 0.730. The molecule has 0 saturated carbocycles. The lowest BCUT2D eigenvalue weighted by Gasteiger charge is -2.17. The molecule has 2 heterocycles. The Morgan fingerprint density at radius 2 is 1.87 bits per heavy atom. The van der Waals surface area contributed by atoms with Crippen LogP contribution in [0.3, 0.4) is 0 Å². The van der Waals surface area contributed by atoms with Crippen molar-refractivity contribution in [3.05, 3.63) is 53.7 Å². The van der Waals surface area contributed by atoms with Gasteiger partial charge in [-0.15, -0.1) is 0 Å². The summed E-state index contributed by atoms with van der Waals surface area (Å²) in [6.45, 7) is 4.11. The van der Waals surface area contributed by atoms with Crippen molar-refractivity contribution in [3.63, 3.8) is 0 Å². The van der Waals surface area contributed by atoms with Crippen LogP contribution in [0.5, 0.6) is 0 Å². The molecule has 5 nitrogen and oxygen atoms in total. The van der Waals surface area contributed by atoms with Crippen LogP contribution in [0.2, 0.25) is 0 Å². The molecule has 1 aromatic heterocycles. The van der Waals surface area contributed by atoms with Crippen LogP contribution in [-0.2, 0) is 4.79 Å². The highest BCUT2D eigenvalue weighted by Crippen LogP contribution is 2.20. The number of amides is 1. The molecule has 1 fully saturated rings. The third-order valence-corrected chi connectivity index (χ3v) is 4.16. The molecule has 1 atom stereocenters. The zero-order valence-electron chi connectivity index (χ0n) is 13.3. The molecular formula is C18H22N4O. The number of hydrogen-bond donors (Lipinski definition) is 2. The second-order valence-electron chi connectivity index (χ2n) is 5.98. The summed E-state index contributed by atoms with van der Waals surface area (Å²) in [5.41, 5.74) is 8.63. The van der Waals surface area contributed by atoms with E-state index in [1.165, 1.54) is 12.8 Å². The number of aryl methyl sites for hydroxylation is 1. The Bertz CT molecular complexity index is 660. The van der Waals surface area contributed by atoms with Crippen LogP contribution in [0, 0.1) is 6.92 Å². The molecule has 1 aliphatic rings. The molecule has 1 aliphatic heterocycles. The minimum Gasteiger partial charge on any atom is -0.357 e. The first-order chi connectivity index (χ1) is 11.1. The predicted octanol–water partition coefficient (Wildman–Crippen LogP) is 2.63. The minimum absolute atomic E-state index is 0.232. The van der Waals surface area contributed by atoms with E-state index in [0.717, 1.165) is 30.0 Å². The van der Waals surface area contributed by atoms with Gasteiger partial charge < -0.3 is 16.0 Å². The Morgan fingerprint density at radius 3 is 2.48 bits per heavy atom. The molecule has 0 radical (unpaired) electrons. The molecule has 3 rings (SSSR count). The maximum absolute atomic E-state index is 12.3. The average Bonchev–Trinajstić information content (AvgIpc) is 3.10. The Kier molecular flexibility index (Phi) is 4.57. The summed E-state index contributed by atoms with van der Waals surface area (Å²) in [6.07, 6.45) is 4.12. The third kappa shape index (κ3) is 3.68. The minimum atomic E-state index is -0.686. The lowest BCUT2D eigenvalue weighted by molar-refractivity contribution is -0.117. The van der Waals surface area contributed by atoms with Gasteiger partial charge in [0.05, 0.1) is 11.9 Å². The number of rotatable bonds is 4. The highest BCUT2D eigenvalue weighted by Gasteiger charge is 2.17. The van der Waals surface area contributed by atoms with Crippen LogP contribution >= 0.6 is 0 Å². The van der Waals surface area contributed by atoms with Crippen molar-refractivity contribution >= 4 is 17.4 Å². The lowest BCUT2D eigenvalue weighted by Crippen LogP contribution is -2.27. The van der Waals surface area contributed by atoms with E-state index in [1.807, 2.05) is 43.3 Å². The van der Waals surface area contributed by atoms with Crippen molar-refractivity contribution in [3.8, 4) is 0 Å². The molecule has 3 N–H and O–H groups in total. The fourth-order valence-electron chi connectivity index (χ4n) is 2.74. The Balaban J connectivity index is 1.63. The molecular weight excluding hydrogens is 288 g/mol. The molecule has 1 amide bonds. The topological polar surface area (TPSA) is 71.2 Å². The van der Waals surface area contributed by atoms with E-state index in [-0.39, 0.29) is 5.91 Å². The first-order valence-corrected chi connectivity index (χ1v) is 7.97. The number of nitrogens with two attached hydrogens (primary N) is 1. The molecule has 1 saturated heterocycles. The zero-order valence-corrected chi connectivity index (χ0v) is 13.3. The van der Waals surface area contributed by atoms with Crippen LogP contribution in [-0.4, -0.2) is 24.0 Å². The summed E-state index contributed by atoms with van der Waals surface area (Å²) in [6, 6.07) is 10.8. The number of aromatic nitrogens is 1. The summed E-state index contributed by atoms with van der Waals surface area (Å²) in [4.78, 5) is 18.9. The Hall–Kier alpha value is -2.40. The van der Waals surface area contributed by atoms with Gasteiger partial charge in [-0.1, -0.05) is 29.8 Å². The van der Waals surface area contributed by atoms with Gasteiger partial charge in [0.25, 0.3) is 0 Å². The second kappa shape index (κ2) is 6.79. The van der Waals surface area contributed by atoms with Crippen molar-refractivity contribution in [2.45, 2.75) is 25.8 Å². The quantitative estimate of drug-likeness (QED) is 0.910. The van der Waals surface area contributed by atoms with Crippen molar-refractivity contribution in [2.75, 3.05) is 23.3 Å². The van der Waals surface area contributed by atoms with E-state index in [2.05, 4.69) is 15.2 Å². The van der Waals surface area contributed by atoms with Gasteiger partial charge >= 0.3 is 0 Å². The van der Waals surface area contributed by atoms with E-state index in [4.69, 9.17) is 5.73 Å². The summed E-state index contributed by atoms with van der Waals surface area (Å²) >= 11 is 0. The van der Waals surface area contributed by atoms with Crippen molar-refractivity contribution in [2.24, 2.45) is 5.73 Å². The highest BCUT2D eigenvalue weighted by molar-refractivity contribution is 5.95. The van der Waals surface area contributed by atoms with E-state index < -0.39 is 6.04 Å². The van der Waals surface area contributed by atoms with E-state index >= 15 is 0 Å². The molecule has 120 valence electrons. The van der Waals surface area contributed by atoms with Gasteiger partial charge in [-0.05, 0) is 37.5 Å². The number of anilines is 2. The van der Waals surface area contributed by atoms with Gasteiger partial charge in [0.1, 0.15) is 11.9 Å². The first kappa shape index (κ1) is 15.5. The van der Waals surface area contributed by atoms with Crippen molar-refractivity contribution in [1.29, 1.82) is 0 Å². The van der Waals surface area contributed by atoms with Crippen LogP contribution in [0.25, 0.3) is 0 Å².